The van der Waals surface area contributed by atoms with E-state index >= 15 is 0 Å². The summed E-state index contributed by atoms with van der Waals surface area (Å²) in [6, 6.07) is 29.1. The molecule has 0 aliphatic heterocycles. The Bertz CT molecular complexity index is 1450. The number of rotatable bonds is 10. The number of hydrogen-bond acceptors (Lipinski definition) is 5. The second-order valence-corrected chi connectivity index (χ2v) is 9.11. The van der Waals surface area contributed by atoms with Crippen LogP contribution in [0.1, 0.15) is 41.6 Å². The Morgan fingerprint density at radius 3 is 2.58 bits per heavy atom. The third-order valence-corrected chi connectivity index (χ3v) is 6.15. The van der Waals surface area contributed by atoms with Gasteiger partial charge < -0.3 is 4.74 Å². The molecule has 0 amide bonds. The summed E-state index contributed by atoms with van der Waals surface area (Å²) in [4.78, 5) is 4.69. The van der Waals surface area contributed by atoms with Gasteiger partial charge in [0, 0.05) is 11.8 Å². The molecule has 36 heavy (non-hydrogen) atoms. The predicted molar refractivity (Wildman–Crippen MR) is 143 cm³/mol. The summed E-state index contributed by atoms with van der Waals surface area (Å²) in [5.41, 5.74) is 5.51. The fourth-order valence-electron chi connectivity index (χ4n) is 4.24. The van der Waals surface area contributed by atoms with Crippen molar-refractivity contribution >= 4 is 23.1 Å². The SMILES string of the molecule is CC(CCc1nn[nH]n1)Cc1cccc(/C=C/c2cccc(OCc3ccc4ccccc4n3)c2)c1. The summed E-state index contributed by atoms with van der Waals surface area (Å²) in [6.07, 6.45) is 7.16. The molecule has 0 saturated heterocycles. The van der Waals surface area contributed by atoms with Gasteiger partial charge in [0.2, 0.25) is 0 Å². The van der Waals surface area contributed by atoms with Gasteiger partial charge >= 0.3 is 0 Å². The van der Waals surface area contributed by atoms with E-state index in [2.05, 4.69) is 88.2 Å². The Morgan fingerprint density at radius 1 is 0.889 bits per heavy atom. The normalized spacial score (nSPS) is 12.2. The number of pyridine rings is 1. The van der Waals surface area contributed by atoms with E-state index in [1.165, 1.54) is 11.1 Å². The monoisotopic (exact) mass is 475 g/mol. The Morgan fingerprint density at radius 2 is 1.72 bits per heavy atom. The molecular formula is C30H29N5O. The van der Waals surface area contributed by atoms with Gasteiger partial charge in [-0.2, -0.15) is 5.21 Å². The van der Waals surface area contributed by atoms with Crippen molar-refractivity contribution in [2.24, 2.45) is 5.92 Å². The number of nitrogens with zero attached hydrogens (tertiary/aromatic N) is 4. The van der Waals surface area contributed by atoms with Crippen LogP contribution in [0.4, 0.5) is 0 Å². The highest BCUT2D eigenvalue weighted by molar-refractivity contribution is 5.78. The van der Waals surface area contributed by atoms with E-state index in [0.717, 1.165) is 53.0 Å². The summed E-state index contributed by atoms with van der Waals surface area (Å²) in [5, 5.41) is 15.4. The molecule has 0 fully saturated rings. The molecule has 1 atom stereocenters. The molecule has 6 heteroatoms. The molecule has 2 aromatic heterocycles. The van der Waals surface area contributed by atoms with Gasteiger partial charge in [-0.05, 0) is 59.7 Å². The van der Waals surface area contributed by atoms with Crippen LogP contribution in [0.15, 0.2) is 84.9 Å². The van der Waals surface area contributed by atoms with Crippen LogP contribution in [0.2, 0.25) is 0 Å². The third kappa shape index (κ3) is 6.42. The quantitative estimate of drug-likeness (QED) is 0.240. The average Bonchev–Trinajstić information content (AvgIpc) is 3.44. The van der Waals surface area contributed by atoms with Crippen LogP contribution < -0.4 is 4.74 Å². The number of hydrogen-bond donors (Lipinski definition) is 1. The van der Waals surface area contributed by atoms with Crippen molar-refractivity contribution in [2.45, 2.75) is 32.8 Å². The van der Waals surface area contributed by atoms with Crippen molar-refractivity contribution in [2.75, 3.05) is 0 Å². The molecule has 1 unspecified atom stereocenters. The largest absolute Gasteiger partial charge is 0.487 e. The van der Waals surface area contributed by atoms with Crippen LogP contribution in [0.3, 0.4) is 0 Å². The highest BCUT2D eigenvalue weighted by Crippen LogP contribution is 2.20. The lowest BCUT2D eigenvalue weighted by molar-refractivity contribution is 0.302. The predicted octanol–water partition coefficient (Wildman–Crippen LogP) is 6.31. The Hall–Kier alpha value is -4.32. The van der Waals surface area contributed by atoms with Gasteiger partial charge in [-0.25, -0.2) is 4.98 Å². The van der Waals surface area contributed by atoms with Crippen molar-refractivity contribution in [3.05, 3.63) is 113 Å². The fourth-order valence-corrected chi connectivity index (χ4v) is 4.24. The Labute approximate surface area is 211 Å². The molecule has 0 aliphatic rings. The number of aromatic nitrogens is 5. The molecule has 5 rings (SSSR count). The minimum Gasteiger partial charge on any atom is -0.487 e. The van der Waals surface area contributed by atoms with Crippen molar-refractivity contribution in [1.29, 1.82) is 0 Å². The molecule has 0 bridgehead atoms. The molecule has 180 valence electrons. The van der Waals surface area contributed by atoms with Crippen LogP contribution in [0.5, 0.6) is 5.75 Å². The molecule has 3 aromatic carbocycles. The number of tetrazole rings is 1. The van der Waals surface area contributed by atoms with Crippen LogP contribution in [-0.2, 0) is 19.4 Å². The van der Waals surface area contributed by atoms with E-state index in [0.29, 0.717) is 12.5 Å². The van der Waals surface area contributed by atoms with Gasteiger partial charge in [0.1, 0.15) is 12.4 Å². The summed E-state index contributed by atoms with van der Waals surface area (Å²) < 4.78 is 6.04. The van der Waals surface area contributed by atoms with Gasteiger partial charge in [0.05, 0.1) is 11.2 Å². The maximum Gasteiger partial charge on any atom is 0.174 e. The van der Waals surface area contributed by atoms with Gasteiger partial charge in [-0.3, -0.25) is 0 Å². The number of para-hydroxylation sites is 1. The summed E-state index contributed by atoms with van der Waals surface area (Å²) in [5.74, 6) is 2.14. The first-order chi connectivity index (χ1) is 17.7. The second-order valence-electron chi connectivity index (χ2n) is 9.11. The highest BCUT2D eigenvalue weighted by atomic mass is 16.5. The molecule has 5 aromatic rings. The van der Waals surface area contributed by atoms with Crippen LogP contribution in [-0.4, -0.2) is 25.6 Å². The number of ether oxygens (including phenoxy) is 1. The molecule has 0 spiro atoms. The second kappa shape index (κ2) is 11.4. The Balaban J connectivity index is 1.18. The van der Waals surface area contributed by atoms with Gasteiger partial charge in [0.25, 0.3) is 0 Å². The van der Waals surface area contributed by atoms with Gasteiger partial charge in [-0.15, -0.1) is 10.2 Å². The van der Waals surface area contributed by atoms with Crippen molar-refractivity contribution in [3.63, 3.8) is 0 Å². The zero-order valence-electron chi connectivity index (χ0n) is 20.3. The minimum absolute atomic E-state index is 0.435. The number of aryl methyl sites for hydroxylation is 1. The molecule has 0 aliphatic carbocycles. The first-order valence-corrected chi connectivity index (χ1v) is 12.3. The maximum atomic E-state index is 6.04. The smallest absolute Gasteiger partial charge is 0.174 e. The summed E-state index contributed by atoms with van der Waals surface area (Å²) >= 11 is 0. The molecular weight excluding hydrogens is 446 g/mol. The third-order valence-electron chi connectivity index (χ3n) is 6.15. The minimum atomic E-state index is 0.435. The van der Waals surface area contributed by atoms with E-state index < -0.39 is 0 Å². The first-order valence-electron chi connectivity index (χ1n) is 12.3. The first kappa shape index (κ1) is 23.4. The van der Waals surface area contributed by atoms with Crippen molar-refractivity contribution < 1.29 is 4.74 Å². The lowest BCUT2D eigenvalue weighted by atomic mass is 9.95. The zero-order chi connectivity index (χ0) is 24.6. The molecule has 0 saturated carbocycles. The van der Waals surface area contributed by atoms with E-state index in [4.69, 9.17) is 9.72 Å². The van der Waals surface area contributed by atoms with E-state index in [-0.39, 0.29) is 0 Å². The van der Waals surface area contributed by atoms with Crippen LogP contribution in [0, 0.1) is 5.92 Å². The number of fused-ring (bicyclic) bond motifs is 1. The molecule has 2 heterocycles. The number of benzene rings is 3. The molecule has 1 N–H and O–H groups in total. The fraction of sp³-hybridized carbons (Fsp3) is 0.200. The van der Waals surface area contributed by atoms with Crippen molar-refractivity contribution in [3.8, 4) is 5.75 Å². The van der Waals surface area contributed by atoms with E-state index in [1.807, 2.05) is 36.4 Å². The topological polar surface area (TPSA) is 76.6 Å². The van der Waals surface area contributed by atoms with Gasteiger partial charge in [-0.1, -0.05) is 85.0 Å². The van der Waals surface area contributed by atoms with Crippen molar-refractivity contribution in [1.82, 2.24) is 25.6 Å². The number of H-pyrrole nitrogens is 1. The summed E-state index contributed by atoms with van der Waals surface area (Å²) in [7, 11) is 0. The van der Waals surface area contributed by atoms with Crippen LogP contribution in [0.25, 0.3) is 23.1 Å². The van der Waals surface area contributed by atoms with E-state index in [9.17, 15) is 0 Å². The molecule has 6 nitrogen and oxygen atoms in total. The lowest BCUT2D eigenvalue weighted by Gasteiger charge is -2.10. The van der Waals surface area contributed by atoms with Gasteiger partial charge in [0.15, 0.2) is 5.82 Å². The number of nitrogens with one attached hydrogen (secondary N) is 1. The zero-order valence-corrected chi connectivity index (χ0v) is 20.3. The molecule has 0 radical (unpaired) electrons. The Kier molecular flexibility index (Phi) is 7.42. The lowest BCUT2D eigenvalue weighted by Crippen LogP contribution is -2.03. The average molecular weight is 476 g/mol. The standard InChI is InChI=1S/C30H29N5O/c1-22(12-17-30-32-34-35-33-30)18-25-8-4-6-23(19-25)13-14-24-7-5-10-28(20-24)36-21-27-16-15-26-9-2-3-11-29(26)31-27/h2-11,13-16,19-20,22H,12,17-18,21H2,1H3,(H,32,33,34,35)/b14-13+. The van der Waals surface area contributed by atoms with E-state index in [1.54, 1.807) is 0 Å². The number of aromatic amines is 1. The maximum absolute atomic E-state index is 6.04. The highest BCUT2D eigenvalue weighted by Gasteiger charge is 2.07. The van der Waals surface area contributed by atoms with Crippen LogP contribution >= 0.6 is 0 Å². The summed E-state index contributed by atoms with van der Waals surface area (Å²) in [6.45, 7) is 2.70.